The number of nitrogens with zero attached hydrogens (tertiary/aromatic N) is 2. The fraction of sp³-hybridized carbons (Fsp3) is 0. The predicted molar refractivity (Wildman–Crippen MR) is 112 cm³/mol. The quantitative estimate of drug-likeness (QED) is 0.353. The van der Waals surface area contributed by atoms with E-state index >= 15 is 0 Å². The van der Waals surface area contributed by atoms with Crippen LogP contribution in [0.25, 0.3) is 21.7 Å². The van der Waals surface area contributed by atoms with E-state index in [9.17, 15) is 5.11 Å². The number of benzene rings is 3. The van der Waals surface area contributed by atoms with Gasteiger partial charge in [-0.25, -0.2) is 4.98 Å². The van der Waals surface area contributed by atoms with E-state index in [0.717, 1.165) is 27.3 Å². The molecule has 0 atom stereocenters. The molecule has 0 saturated heterocycles. The molecule has 4 nitrogen and oxygen atoms in total. The standard InChI is InChI=1S/C22H17N3OS/c26-19-13-7-8-16(14-19)15-23-25-22-24-20(17-9-3-1-4-10-17)21(27-22)18-11-5-2-6-12-18/h1-15,26H,(H,24,25). The third-order valence-electron chi connectivity index (χ3n) is 3.95. The lowest BCUT2D eigenvalue weighted by molar-refractivity contribution is 0.475. The molecule has 0 spiro atoms. The molecule has 0 aliphatic rings. The summed E-state index contributed by atoms with van der Waals surface area (Å²) < 4.78 is 0. The van der Waals surface area contributed by atoms with E-state index < -0.39 is 0 Å². The second-order valence-electron chi connectivity index (χ2n) is 5.89. The van der Waals surface area contributed by atoms with Crippen LogP contribution in [-0.4, -0.2) is 16.3 Å². The number of nitrogens with one attached hydrogen (secondary N) is 1. The number of phenols is 1. The average Bonchev–Trinajstić information content (AvgIpc) is 3.14. The maximum absolute atomic E-state index is 9.53. The first-order valence-electron chi connectivity index (χ1n) is 8.49. The van der Waals surface area contributed by atoms with Gasteiger partial charge < -0.3 is 5.11 Å². The van der Waals surface area contributed by atoms with Gasteiger partial charge in [0.1, 0.15) is 5.75 Å². The van der Waals surface area contributed by atoms with Crippen LogP contribution in [0.5, 0.6) is 5.75 Å². The Hall–Kier alpha value is -3.44. The molecule has 27 heavy (non-hydrogen) atoms. The Morgan fingerprint density at radius 1 is 0.852 bits per heavy atom. The minimum atomic E-state index is 0.214. The fourth-order valence-electron chi connectivity index (χ4n) is 2.71. The molecular formula is C22H17N3OS. The number of hydrogen-bond acceptors (Lipinski definition) is 5. The topological polar surface area (TPSA) is 57.5 Å². The number of hydrogen-bond donors (Lipinski definition) is 2. The minimum absolute atomic E-state index is 0.214. The van der Waals surface area contributed by atoms with Crippen molar-refractivity contribution in [3.05, 3.63) is 90.5 Å². The molecule has 3 aromatic carbocycles. The zero-order valence-electron chi connectivity index (χ0n) is 14.4. The van der Waals surface area contributed by atoms with E-state index in [-0.39, 0.29) is 5.75 Å². The van der Waals surface area contributed by atoms with Gasteiger partial charge in [0.15, 0.2) is 0 Å². The minimum Gasteiger partial charge on any atom is -0.508 e. The Morgan fingerprint density at radius 3 is 2.26 bits per heavy atom. The monoisotopic (exact) mass is 371 g/mol. The van der Waals surface area contributed by atoms with Crippen LogP contribution in [0.2, 0.25) is 0 Å². The number of aromatic hydroxyl groups is 1. The average molecular weight is 371 g/mol. The van der Waals surface area contributed by atoms with Gasteiger partial charge in [-0.1, -0.05) is 84.1 Å². The number of anilines is 1. The zero-order valence-corrected chi connectivity index (χ0v) is 15.2. The molecule has 0 fully saturated rings. The van der Waals surface area contributed by atoms with Gasteiger partial charge in [-0.3, -0.25) is 5.43 Å². The molecule has 4 rings (SSSR count). The molecule has 0 aliphatic heterocycles. The first-order chi connectivity index (χ1) is 13.3. The predicted octanol–water partition coefficient (Wildman–Crippen LogP) is 5.63. The lowest BCUT2D eigenvalue weighted by Crippen LogP contribution is -1.90. The molecule has 0 saturated carbocycles. The van der Waals surface area contributed by atoms with Crippen molar-refractivity contribution in [2.24, 2.45) is 5.10 Å². The number of thiazole rings is 1. The van der Waals surface area contributed by atoms with Crippen molar-refractivity contribution in [3.8, 4) is 27.4 Å². The van der Waals surface area contributed by atoms with Crippen LogP contribution in [0.1, 0.15) is 5.56 Å². The Labute approximate surface area is 161 Å². The maximum atomic E-state index is 9.53. The second-order valence-corrected chi connectivity index (χ2v) is 6.89. The van der Waals surface area contributed by atoms with Crippen LogP contribution < -0.4 is 5.43 Å². The van der Waals surface area contributed by atoms with Crippen LogP contribution >= 0.6 is 11.3 Å². The Bertz CT molecular complexity index is 1000. The Kier molecular flexibility index (Phi) is 4.94. The van der Waals surface area contributed by atoms with Gasteiger partial charge in [-0.05, 0) is 23.3 Å². The van der Waals surface area contributed by atoms with Gasteiger partial charge in [0.05, 0.1) is 16.8 Å². The third-order valence-corrected chi connectivity index (χ3v) is 4.96. The molecule has 1 heterocycles. The second kappa shape index (κ2) is 7.85. The van der Waals surface area contributed by atoms with E-state index in [0.29, 0.717) is 5.13 Å². The normalized spacial score (nSPS) is 11.0. The smallest absolute Gasteiger partial charge is 0.204 e. The summed E-state index contributed by atoms with van der Waals surface area (Å²) in [6.45, 7) is 0. The molecule has 0 bridgehead atoms. The van der Waals surface area contributed by atoms with Crippen LogP contribution in [0, 0.1) is 0 Å². The van der Waals surface area contributed by atoms with Crippen molar-refractivity contribution < 1.29 is 5.11 Å². The highest BCUT2D eigenvalue weighted by molar-refractivity contribution is 7.19. The van der Waals surface area contributed by atoms with Crippen molar-refractivity contribution in [2.45, 2.75) is 0 Å². The molecule has 0 amide bonds. The molecule has 5 heteroatoms. The number of aromatic nitrogens is 1. The van der Waals surface area contributed by atoms with E-state index in [1.807, 2.05) is 42.5 Å². The first kappa shape index (κ1) is 17.0. The summed E-state index contributed by atoms with van der Waals surface area (Å²) in [6, 6.07) is 27.3. The Morgan fingerprint density at radius 2 is 1.56 bits per heavy atom. The SMILES string of the molecule is Oc1cccc(C=NNc2nc(-c3ccccc3)c(-c3ccccc3)s2)c1. The zero-order chi connectivity index (χ0) is 18.5. The van der Waals surface area contributed by atoms with Crippen LogP contribution in [-0.2, 0) is 0 Å². The van der Waals surface area contributed by atoms with Gasteiger partial charge in [-0.2, -0.15) is 5.10 Å². The highest BCUT2D eigenvalue weighted by atomic mass is 32.1. The molecule has 132 valence electrons. The largest absolute Gasteiger partial charge is 0.508 e. The third kappa shape index (κ3) is 4.04. The van der Waals surface area contributed by atoms with Gasteiger partial charge in [0.25, 0.3) is 0 Å². The molecular weight excluding hydrogens is 354 g/mol. The highest BCUT2D eigenvalue weighted by Gasteiger charge is 2.14. The number of phenolic OH excluding ortho intramolecular Hbond substituents is 1. The van der Waals surface area contributed by atoms with Gasteiger partial charge in [0, 0.05) is 5.56 Å². The summed E-state index contributed by atoms with van der Waals surface area (Å²) in [7, 11) is 0. The number of hydrazone groups is 1. The summed E-state index contributed by atoms with van der Waals surface area (Å²) in [4.78, 5) is 5.84. The molecule has 0 aliphatic carbocycles. The first-order valence-corrected chi connectivity index (χ1v) is 9.31. The molecule has 2 N–H and O–H groups in total. The van der Waals surface area contributed by atoms with E-state index in [1.54, 1.807) is 35.8 Å². The van der Waals surface area contributed by atoms with Crippen LogP contribution in [0.3, 0.4) is 0 Å². The molecule has 1 aromatic heterocycles. The van der Waals surface area contributed by atoms with Crippen molar-refractivity contribution in [1.82, 2.24) is 4.98 Å². The molecule has 0 unspecified atom stereocenters. The lowest BCUT2D eigenvalue weighted by Gasteiger charge is -2.02. The lowest BCUT2D eigenvalue weighted by atomic mass is 10.1. The van der Waals surface area contributed by atoms with Gasteiger partial charge in [0.2, 0.25) is 5.13 Å². The summed E-state index contributed by atoms with van der Waals surface area (Å²) in [6.07, 6.45) is 1.66. The summed E-state index contributed by atoms with van der Waals surface area (Å²) in [5.41, 5.74) is 6.94. The van der Waals surface area contributed by atoms with Crippen molar-refractivity contribution >= 4 is 22.7 Å². The Balaban J connectivity index is 1.65. The van der Waals surface area contributed by atoms with E-state index in [2.05, 4.69) is 34.8 Å². The van der Waals surface area contributed by atoms with Gasteiger partial charge >= 0.3 is 0 Å². The van der Waals surface area contributed by atoms with Crippen molar-refractivity contribution in [2.75, 3.05) is 5.43 Å². The van der Waals surface area contributed by atoms with Crippen LogP contribution in [0.15, 0.2) is 90.0 Å². The van der Waals surface area contributed by atoms with Crippen molar-refractivity contribution in [1.29, 1.82) is 0 Å². The summed E-state index contributed by atoms with van der Waals surface area (Å²) in [5.74, 6) is 0.214. The van der Waals surface area contributed by atoms with Gasteiger partial charge in [-0.15, -0.1) is 0 Å². The van der Waals surface area contributed by atoms with Crippen molar-refractivity contribution in [3.63, 3.8) is 0 Å². The molecule has 4 aromatic rings. The van der Waals surface area contributed by atoms with E-state index in [4.69, 9.17) is 4.98 Å². The van der Waals surface area contributed by atoms with E-state index in [1.165, 1.54) is 0 Å². The maximum Gasteiger partial charge on any atom is 0.204 e. The number of rotatable bonds is 5. The highest BCUT2D eigenvalue weighted by Crippen LogP contribution is 2.38. The summed E-state index contributed by atoms with van der Waals surface area (Å²) in [5, 5.41) is 14.5. The fourth-order valence-corrected chi connectivity index (χ4v) is 3.65. The van der Waals surface area contributed by atoms with Crippen LogP contribution in [0.4, 0.5) is 5.13 Å². The molecule has 0 radical (unpaired) electrons. The summed E-state index contributed by atoms with van der Waals surface area (Å²) >= 11 is 1.56.